The molecule has 3 heterocycles. The van der Waals surface area contributed by atoms with Crippen LogP contribution in [0.15, 0.2) is 139 Å². The average Bonchev–Trinajstić information content (AvgIpc) is 3.46. The van der Waals surface area contributed by atoms with Crippen LogP contribution in [0.2, 0.25) is 0 Å². The van der Waals surface area contributed by atoms with Gasteiger partial charge in [-0.25, -0.2) is 10.4 Å². The Labute approximate surface area is 254 Å². The second-order valence-electron chi connectivity index (χ2n) is 10.6. The standard InChI is InChI=1S/C36H29N5O3/c42-30(23-44-22-24-11-4-1-5-12-24)38-34-32(28-18-19-29-27(21-28)17-10-20-37-29)36(43)41-35(39-34)31(25-13-6-2-7-14-25)33(40-41)26-15-8-3-9-16-26/h1-21,33,39-40H,22-23H2,(H,38,42). The van der Waals surface area contributed by atoms with E-state index in [1.807, 2.05) is 121 Å². The number of carbonyl (C=O) groups is 2. The summed E-state index contributed by atoms with van der Waals surface area (Å²) in [5.41, 5.74) is 9.02. The van der Waals surface area contributed by atoms with Gasteiger partial charge in [-0.2, -0.15) is 0 Å². The molecule has 2 aliphatic heterocycles. The maximum absolute atomic E-state index is 14.4. The van der Waals surface area contributed by atoms with E-state index < -0.39 is 0 Å². The highest BCUT2D eigenvalue weighted by molar-refractivity contribution is 6.23. The molecule has 1 aromatic heterocycles. The van der Waals surface area contributed by atoms with Gasteiger partial charge in [0.1, 0.15) is 18.2 Å². The van der Waals surface area contributed by atoms with Crippen molar-refractivity contribution in [1.29, 1.82) is 0 Å². The molecule has 7 rings (SSSR count). The highest BCUT2D eigenvalue weighted by Gasteiger charge is 2.42. The Morgan fingerprint density at radius 2 is 1.57 bits per heavy atom. The van der Waals surface area contributed by atoms with Crippen molar-refractivity contribution in [2.24, 2.45) is 0 Å². The lowest BCUT2D eigenvalue weighted by Crippen LogP contribution is -2.49. The van der Waals surface area contributed by atoms with Crippen LogP contribution in [0, 0.1) is 0 Å². The third-order valence-electron chi connectivity index (χ3n) is 7.65. The molecule has 0 saturated carbocycles. The molecule has 5 aromatic rings. The predicted octanol–water partition coefficient (Wildman–Crippen LogP) is 5.30. The second-order valence-corrected chi connectivity index (χ2v) is 10.6. The summed E-state index contributed by atoms with van der Waals surface area (Å²) in [4.78, 5) is 32.1. The Morgan fingerprint density at radius 1 is 0.841 bits per heavy atom. The van der Waals surface area contributed by atoms with Crippen LogP contribution >= 0.6 is 0 Å². The monoisotopic (exact) mass is 579 g/mol. The summed E-state index contributed by atoms with van der Waals surface area (Å²) >= 11 is 0. The van der Waals surface area contributed by atoms with Crippen molar-refractivity contribution in [2.75, 3.05) is 6.61 Å². The first-order valence-corrected chi connectivity index (χ1v) is 14.4. The number of hydrogen-bond acceptors (Lipinski definition) is 6. The highest BCUT2D eigenvalue weighted by atomic mass is 16.5. The largest absolute Gasteiger partial charge is 0.367 e. The van der Waals surface area contributed by atoms with E-state index in [1.165, 1.54) is 0 Å². The van der Waals surface area contributed by atoms with Gasteiger partial charge in [0.25, 0.3) is 11.8 Å². The zero-order chi connectivity index (χ0) is 29.9. The summed E-state index contributed by atoms with van der Waals surface area (Å²) in [6.45, 7) is 0.117. The zero-order valence-electron chi connectivity index (χ0n) is 23.7. The van der Waals surface area contributed by atoms with Crippen molar-refractivity contribution < 1.29 is 14.3 Å². The van der Waals surface area contributed by atoms with Gasteiger partial charge < -0.3 is 15.4 Å². The maximum atomic E-state index is 14.4. The van der Waals surface area contributed by atoms with E-state index in [0.29, 0.717) is 29.4 Å². The molecule has 216 valence electrons. The van der Waals surface area contributed by atoms with Crippen LogP contribution in [0.5, 0.6) is 0 Å². The van der Waals surface area contributed by atoms with Crippen molar-refractivity contribution in [1.82, 2.24) is 26.1 Å². The molecule has 3 N–H and O–H groups in total. The van der Waals surface area contributed by atoms with Crippen molar-refractivity contribution in [2.45, 2.75) is 12.6 Å². The van der Waals surface area contributed by atoms with Crippen LogP contribution in [-0.4, -0.2) is 28.4 Å². The van der Waals surface area contributed by atoms with Crippen LogP contribution < -0.4 is 16.1 Å². The van der Waals surface area contributed by atoms with Crippen LogP contribution in [0.4, 0.5) is 0 Å². The molecule has 44 heavy (non-hydrogen) atoms. The van der Waals surface area contributed by atoms with E-state index in [2.05, 4.69) is 21.0 Å². The lowest BCUT2D eigenvalue weighted by atomic mass is 9.93. The Bertz CT molecular complexity index is 1910. The summed E-state index contributed by atoms with van der Waals surface area (Å²) in [7, 11) is 0. The SMILES string of the molecule is O=C(COCc1ccccc1)NC1=C(c2ccc3ncccc3c2)C(=O)N2NC(c3ccccc3)C(c3ccccc3)=C2N1. The number of rotatable bonds is 8. The van der Waals surface area contributed by atoms with Gasteiger partial charge in [0.05, 0.1) is 23.7 Å². The Kier molecular flexibility index (Phi) is 7.42. The number of aromatic nitrogens is 1. The quantitative estimate of drug-likeness (QED) is 0.231. The molecule has 0 radical (unpaired) electrons. The molecule has 8 heteroatoms. The molecule has 0 fully saturated rings. The molecule has 0 bridgehead atoms. The first kappa shape index (κ1) is 27.3. The molecule has 4 aromatic carbocycles. The summed E-state index contributed by atoms with van der Waals surface area (Å²) < 4.78 is 5.71. The number of amides is 2. The Balaban J connectivity index is 1.29. The van der Waals surface area contributed by atoms with Crippen molar-refractivity contribution >= 4 is 33.9 Å². The molecular weight excluding hydrogens is 550 g/mol. The van der Waals surface area contributed by atoms with Crippen LogP contribution in [-0.2, 0) is 20.9 Å². The van der Waals surface area contributed by atoms with Gasteiger partial charge in [0.15, 0.2) is 0 Å². The first-order valence-electron chi connectivity index (χ1n) is 14.4. The number of nitrogens with one attached hydrogen (secondary N) is 3. The molecule has 2 amide bonds. The minimum Gasteiger partial charge on any atom is -0.367 e. The minimum atomic E-state index is -0.378. The number of fused-ring (bicyclic) bond motifs is 2. The van der Waals surface area contributed by atoms with Crippen molar-refractivity contribution in [3.63, 3.8) is 0 Å². The fraction of sp³-hybridized carbons (Fsp3) is 0.0833. The fourth-order valence-electron chi connectivity index (χ4n) is 5.61. The maximum Gasteiger partial charge on any atom is 0.278 e. The number of pyridine rings is 1. The Hall–Kier alpha value is -5.57. The highest BCUT2D eigenvalue weighted by Crippen LogP contribution is 2.41. The van der Waals surface area contributed by atoms with Crippen molar-refractivity contribution in [3.8, 4) is 0 Å². The van der Waals surface area contributed by atoms with Gasteiger partial charge in [-0.1, -0.05) is 103 Å². The Morgan fingerprint density at radius 3 is 2.34 bits per heavy atom. The lowest BCUT2D eigenvalue weighted by molar-refractivity contribution is -0.126. The van der Waals surface area contributed by atoms with Gasteiger partial charge in [-0.15, -0.1) is 0 Å². The van der Waals surface area contributed by atoms with Gasteiger partial charge in [-0.05, 0) is 40.5 Å². The number of nitrogens with zero attached hydrogens (tertiary/aromatic N) is 2. The van der Waals surface area contributed by atoms with E-state index in [1.54, 1.807) is 11.2 Å². The van der Waals surface area contributed by atoms with Crippen LogP contribution in [0.25, 0.3) is 22.0 Å². The van der Waals surface area contributed by atoms with Gasteiger partial charge in [0.2, 0.25) is 0 Å². The van der Waals surface area contributed by atoms with Gasteiger partial charge in [-0.3, -0.25) is 14.6 Å². The molecule has 8 nitrogen and oxygen atoms in total. The van der Waals surface area contributed by atoms with E-state index in [-0.39, 0.29) is 24.5 Å². The number of benzene rings is 4. The first-order chi connectivity index (χ1) is 21.7. The van der Waals surface area contributed by atoms with E-state index in [0.717, 1.165) is 33.2 Å². The molecular formula is C36H29N5O3. The fourth-order valence-corrected chi connectivity index (χ4v) is 5.61. The van der Waals surface area contributed by atoms with E-state index in [9.17, 15) is 9.59 Å². The summed E-state index contributed by atoms with van der Waals surface area (Å²) in [6.07, 6.45) is 1.73. The number of ether oxygens (including phenoxy) is 1. The lowest BCUT2D eigenvalue weighted by Gasteiger charge is -2.31. The molecule has 0 spiro atoms. The summed E-state index contributed by atoms with van der Waals surface area (Å²) in [5.74, 6) is 0.176. The van der Waals surface area contributed by atoms with Gasteiger partial charge >= 0.3 is 0 Å². The molecule has 1 unspecified atom stereocenters. The van der Waals surface area contributed by atoms with Crippen molar-refractivity contribution in [3.05, 3.63) is 161 Å². The average molecular weight is 580 g/mol. The van der Waals surface area contributed by atoms with Gasteiger partial charge in [0, 0.05) is 17.2 Å². The molecule has 1 atom stereocenters. The molecule has 0 saturated heterocycles. The molecule has 2 aliphatic rings. The third-order valence-corrected chi connectivity index (χ3v) is 7.65. The van der Waals surface area contributed by atoms with E-state index in [4.69, 9.17) is 4.74 Å². The van der Waals surface area contributed by atoms with Crippen LogP contribution in [0.3, 0.4) is 0 Å². The smallest absolute Gasteiger partial charge is 0.278 e. The number of hydrazine groups is 1. The van der Waals surface area contributed by atoms with Crippen LogP contribution in [0.1, 0.15) is 28.3 Å². The normalized spacial score (nSPS) is 16.2. The van der Waals surface area contributed by atoms with E-state index >= 15 is 0 Å². The summed E-state index contributed by atoms with van der Waals surface area (Å²) in [6, 6.07) is 38.7. The topological polar surface area (TPSA) is 95.6 Å². The summed E-state index contributed by atoms with van der Waals surface area (Å²) in [5, 5.41) is 8.81. The third kappa shape index (κ3) is 5.35. The second kappa shape index (κ2) is 12.0. The number of hydrogen-bond donors (Lipinski definition) is 3. The number of carbonyl (C=O) groups excluding carboxylic acids is 2. The minimum absolute atomic E-state index is 0.178. The predicted molar refractivity (Wildman–Crippen MR) is 169 cm³/mol. The zero-order valence-corrected chi connectivity index (χ0v) is 23.7. The molecule has 0 aliphatic carbocycles.